The Morgan fingerprint density at radius 1 is 1.50 bits per heavy atom. The summed E-state index contributed by atoms with van der Waals surface area (Å²) in [5, 5.41) is 11.2. The van der Waals surface area contributed by atoms with E-state index in [1.54, 1.807) is 19.4 Å². The Morgan fingerprint density at radius 3 is 3.00 bits per heavy atom. The number of H-pyrrole nitrogens is 1. The summed E-state index contributed by atoms with van der Waals surface area (Å²) in [7, 11) is 1.56. The second-order valence-corrected chi connectivity index (χ2v) is 4.87. The third-order valence-electron chi connectivity index (χ3n) is 2.50. The third kappa shape index (κ3) is 4.04. The van der Waals surface area contributed by atoms with Crippen LogP contribution in [-0.4, -0.2) is 35.1 Å². The normalized spacial score (nSPS) is 10.7. The van der Waals surface area contributed by atoms with Crippen molar-refractivity contribution in [1.82, 2.24) is 15.2 Å². The topological polar surface area (TPSA) is 101 Å². The minimum Gasteiger partial charge on any atom is -0.493 e. The van der Waals surface area contributed by atoms with Crippen molar-refractivity contribution in [2.45, 2.75) is 6.92 Å². The van der Waals surface area contributed by atoms with Crippen LogP contribution in [0.4, 0.5) is 5.95 Å². The molecule has 1 aromatic carbocycles. The Bertz CT molecular complexity index is 732. The number of nitrogens with one attached hydrogen (secondary N) is 2. The molecule has 0 aliphatic heterocycles. The molecule has 0 atom stereocenters. The maximum Gasteiger partial charge on any atom is 0.271 e. The molecule has 0 spiro atoms. The van der Waals surface area contributed by atoms with Crippen LogP contribution in [0.5, 0.6) is 11.5 Å². The number of ether oxygens (including phenoxy) is 2. The molecule has 9 heteroatoms. The number of halogens is 1. The lowest BCUT2D eigenvalue weighted by atomic mass is 10.2. The van der Waals surface area contributed by atoms with E-state index in [0.29, 0.717) is 18.1 Å². The number of hydrogen-bond acceptors (Lipinski definition) is 7. The summed E-state index contributed by atoms with van der Waals surface area (Å²) in [4.78, 5) is 13.5. The largest absolute Gasteiger partial charge is 0.493 e. The van der Waals surface area contributed by atoms with Crippen LogP contribution in [0.15, 0.2) is 32.7 Å². The van der Waals surface area contributed by atoms with Crippen LogP contribution in [0.25, 0.3) is 0 Å². The fourth-order valence-electron chi connectivity index (χ4n) is 1.63. The molecule has 2 N–H and O–H groups in total. The molecule has 2 rings (SSSR count). The molecule has 0 aliphatic rings. The molecule has 0 fully saturated rings. The number of aromatic amines is 1. The van der Waals surface area contributed by atoms with Crippen LogP contribution in [-0.2, 0) is 0 Å². The molecule has 0 radical (unpaired) electrons. The van der Waals surface area contributed by atoms with Crippen molar-refractivity contribution < 1.29 is 9.47 Å². The zero-order chi connectivity index (χ0) is 15.9. The van der Waals surface area contributed by atoms with Gasteiger partial charge in [-0.15, -0.1) is 10.2 Å². The maximum atomic E-state index is 11.1. The van der Waals surface area contributed by atoms with Gasteiger partial charge in [0, 0.05) is 0 Å². The van der Waals surface area contributed by atoms with Crippen LogP contribution in [0, 0.1) is 0 Å². The van der Waals surface area contributed by atoms with E-state index in [9.17, 15) is 4.79 Å². The maximum absolute atomic E-state index is 11.1. The number of nitrogens with zero attached hydrogens (tertiary/aromatic N) is 3. The predicted molar refractivity (Wildman–Crippen MR) is 85.7 cm³/mol. The van der Waals surface area contributed by atoms with Gasteiger partial charge in [-0.3, -0.25) is 9.78 Å². The van der Waals surface area contributed by atoms with E-state index in [4.69, 9.17) is 9.47 Å². The highest BCUT2D eigenvalue weighted by Gasteiger charge is 2.10. The first kappa shape index (κ1) is 16.0. The number of hydrogen-bond donors (Lipinski definition) is 2. The zero-order valence-corrected chi connectivity index (χ0v) is 13.5. The van der Waals surface area contributed by atoms with Gasteiger partial charge in [-0.25, -0.2) is 5.43 Å². The van der Waals surface area contributed by atoms with Gasteiger partial charge in [0.2, 0.25) is 5.95 Å². The Morgan fingerprint density at radius 2 is 2.32 bits per heavy atom. The van der Waals surface area contributed by atoms with Crippen LogP contribution in [0.3, 0.4) is 0 Å². The van der Waals surface area contributed by atoms with Crippen LogP contribution >= 0.6 is 15.9 Å². The van der Waals surface area contributed by atoms with E-state index in [1.165, 1.54) is 0 Å². The van der Waals surface area contributed by atoms with Crippen LogP contribution < -0.4 is 20.5 Å². The first-order chi connectivity index (χ1) is 10.6. The van der Waals surface area contributed by atoms with E-state index < -0.39 is 0 Å². The average molecular weight is 368 g/mol. The second kappa shape index (κ2) is 7.55. The second-order valence-electron chi connectivity index (χ2n) is 4.02. The highest BCUT2D eigenvalue weighted by atomic mass is 79.9. The van der Waals surface area contributed by atoms with Gasteiger partial charge >= 0.3 is 0 Å². The summed E-state index contributed by atoms with van der Waals surface area (Å²) in [6.07, 6.45) is 2.62. The van der Waals surface area contributed by atoms with Crippen molar-refractivity contribution in [1.29, 1.82) is 0 Å². The van der Waals surface area contributed by atoms with E-state index in [0.717, 1.165) is 16.2 Å². The Kier molecular flexibility index (Phi) is 5.48. The molecule has 22 heavy (non-hydrogen) atoms. The lowest BCUT2D eigenvalue weighted by molar-refractivity contribution is 0.309. The van der Waals surface area contributed by atoms with Gasteiger partial charge in [-0.05, 0) is 40.5 Å². The number of benzene rings is 1. The van der Waals surface area contributed by atoms with Crippen LogP contribution in [0.2, 0.25) is 0 Å². The molecule has 1 heterocycles. The van der Waals surface area contributed by atoms with E-state index >= 15 is 0 Å². The minimum absolute atomic E-state index is 0.153. The molecule has 0 bridgehead atoms. The quantitative estimate of drug-likeness (QED) is 0.595. The van der Waals surface area contributed by atoms with Crippen molar-refractivity contribution in [2.24, 2.45) is 5.10 Å². The standard InChI is InChI=1S/C13H14BrN5O3/c1-3-22-12-9(14)4-8(5-10(12)21-2)6-15-18-13-17-11(20)7-16-19-13/h4-7H,3H2,1-2H3,(H2,17,18,19,20)/b15-6+. The predicted octanol–water partition coefficient (Wildman–Crippen LogP) is 1.78. The van der Waals surface area contributed by atoms with Gasteiger partial charge in [-0.2, -0.15) is 5.10 Å². The first-order valence-corrected chi connectivity index (χ1v) is 7.14. The molecule has 8 nitrogen and oxygen atoms in total. The molecule has 2 aromatic rings. The van der Waals surface area contributed by atoms with Crippen molar-refractivity contribution in [3.63, 3.8) is 0 Å². The van der Waals surface area contributed by atoms with Crippen molar-refractivity contribution in [2.75, 3.05) is 19.1 Å². The zero-order valence-electron chi connectivity index (χ0n) is 12.0. The van der Waals surface area contributed by atoms with Crippen molar-refractivity contribution >= 4 is 28.1 Å². The number of methoxy groups -OCH3 is 1. The van der Waals surface area contributed by atoms with Gasteiger partial charge in [0.05, 0.1) is 24.4 Å². The number of hydrazone groups is 1. The molecular weight excluding hydrogens is 354 g/mol. The molecule has 0 unspecified atom stereocenters. The fourth-order valence-corrected chi connectivity index (χ4v) is 2.20. The number of rotatable bonds is 6. The summed E-state index contributed by atoms with van der Waals surface area (Å²) in [6, 6.07) is 3.61. The molecular formula is C13H14BrN5O3. The third-order valence-corrected chi connectivity index (χ3v) is 3.09. The van der Waals surface area contributed by atoms with Crippen molar-refractivity contribution in [3.8, 4) is 11.5 Å². The molecule has 0 aliphatic carbocycles. The molecule has 0 saturated heterocycles. The summed E-state index contributed by atoms with van der Waals surface area (Å²) < 4.78 is 11.6. The molecule has 1 aromatic heterocycles. The van der Waals surface area contributed by atoms with Crippen LogP contribution in [0.1, 0.15) is 12.5 Å². The van der Waals surface area contributed by atoms with E-state index in [1.807, 2.05) is 13.0 Å². The SMILES string of the molecule is CCOc1c(Br)cc(/C=N/Nc2nncc(=O)[nH]2)cc1OC. The summed E-state index contributed by atoms with van der Waals surface area (Å²) >= 11 is 3.43. The van der Waals surface area contributed by atoms with E-state index in [-0.39, 0.29) is 11.5 Å². The summed E-state index contributed by atoms with van der Waals surface area (Å²) in [5.41, 5.74) is 2.99. The highest BCUT2D eigenvalue weighted by molar-refractivity contribution is 9.10. The summed E-state index contributed by atoms with van der Waals surface area (Å²) in [6.45, 7) is 2.43. The number of aromatic nitrogens is 3. The van der Waals surface area contributed by atoms with Gasteiger partial charge in [0.1, 0.15) is 6.20 Å². The monoisotopic (exact) mass is 367 g/mol. The fraction of sp³-hybridized carbons (Fsp3) is 0.231. The van der Waals surface area contributed by atoms with Gasteiger partial charge in [-0.1, -0.05) is 0 Å². The van der Waals surface area contributed by atoms with Gasteiger partial charge < -0.3 is 9.47 Å². The van der Waals surface area contributed by atoms with E-state index in [2.05, 4.69) is 41.6 Å². The molecule has 0 amide bonds. The van der Waals surface area contributed by atoms with Gasteiger partial charge in [0.15, 0.2) is 11.5 Å². The first-order valence-electron chi connectivity index (χ1n) is 6.35. The Labute approximate surface area is 134 Å². The average Bonchev–Trinajstić information content (AvgIpc) is 2.50. The van der Waals surface area contributed by atoms with Crippen molar-refractivity contribution in [3.05, 3.63) is 38.7 Å². The Balaban J connectivity index is 2.17. The molecule has 116 valence electrons. The smallest absolute Gasteiger partial charge is 0.271 e. The minimum atomic E-state index is -0.363. The summed E-state index contributed by atoms with van der Waals surface area (Å²) in [5.74, 6) is 1.37. The lowest BCUT2D eigenvalue weighted by Gasteiger charge is -2.11. The molecule has 0 saturated carbocycles. The lowest BCUT2D eigenvalue weighted by Crippen LogP contribution is -2.10. The Hall–Kier alpha value is -2.42. The number of anilines is 1. The highest BCUT2D eigenvalue weighted by Crippen LogP contribution is 2.36. The van der Waals surface area contributed by atoms with Gasteiger partial charge in [0.25, 0.3) is 5.56 Å².